The van der Waals surface area contributed by atoms with Crippen molar-refractivity contribution in [3.8, 4) is 11.1 Å². The summed E-state index contributed by atoms with van der Waals surface area (Å²) in [6.07, 6.45) is -4.39. The Hall–Kier alpha value is -2.17. The van der Waals surface area contributed by atoms with Gasteiger partial charge in [0.05, 0.1) is 4.90 Å². The van der Waals surface area contributed by atoms with Crippen molar-refractivity contribution in [1.29, 1.82) is 0 Å². The molecule has 0 spiro atoms. The fourth-order valence-corrected chi connectivity index (χ4v) is 3.68. The third-order valence-electron chi connectivity index (χ3n) is 4.54. The van der Waals surface area contributed by atoms with Crippen molar-refractivity contribution in [3.63, 3.8) is 0 Å². The van der Waals surface area contributed by atoms with E-state index in [2.05, 4.69) is 0 Å². The molecule has 0 saturated heterocycles. The minimum atomic E-state index is -4.81. The summed E-state index contributed by atoms with van der Waals surface area (Å²) in [6.45, 7) is 2.19. The Balaban J connectivity index is 0.00000512. The Morgan fingerprint density at radius 3 is 1.75 bits per heavy atom. The summed E-state index contributed by atoms with van der Waals surface area (Å²) in [5, 5.41) is 11.2. The Morgan fingerprint density at radius 2 is 1.41 bits per heavy atom. The van der Waals surface area contributed by atoms with Gasteiger partial charge >= 0.3 is 12.1 Å². The van der Waals surface area contributed by atoms with E-state index in [1.165, 1.54) is 48.5 Å². The minimum absolute atomic E-state index is 0. The molecule has 0 amide bonds. The molecule has 0 aliphatic carbocycles. The molecule has 0 heterocycles. The number of benzene rings is 2. The van der Waals surface area contributed by atoms with Crippen molar-refractivity contribution in [2.24, 2.45) is 0 Å². The van der Waals surface area contributed by atoms with Crippen LogP contribution in [0, 0.1) is 0 Å². The second kappa shape index (κ2) is 10.2. The summed E-state index contributed by atoms with van der Waals surface area (Å²) >= 11 is 0. The van der Waals surface area contributed by atoms with Gasteiger partial charge in [0, 0.05) is 12.7 Å². The number of hydrogen-bond donors (Lipinski definition) is 2. The summed E-state index contributed by atoms with van der Waals surface area (Å²) in [5.41, 5.74) is -1.07. The molecular weight excluding hydrogens is 474 g/mol. The zero-order chi connectivity index (χ0) is 23.6. The number of hydrogen-bond acceptors (Lipinski definition) is 4. The molecule has 11 heteroatoms. The normalized spacial score (nSPS) is 14.3. The highest BCUT2D eigenvalue weighted by atomic mass is 35.5. The van der Waals surface area contributed by atoms with Crippen molar-refractivity contribution in [2.45, 2.75) is 49.1 Å². The highest BCUT2D eigenvalue weighted by Crippen LogP contribution is 2.35. The SMILES string of the molecule is CC(C)(F)C[C@H](N[C@@H](c1ccc(-c2ccc(S(C)(=O)=O)cc2)cc1)C(F)(F)F)C(=O)O.Cl. The largest absolute Gasteiger partial charge is 0.480 e. The number of halogens is 5. The summed E-state index contributed by atoms with van der Waals surface area (Å²) in [5.74, 6) is -1.58. The van der Waals surface area contributed by atoms with E-state index in [9.17, 15) is 35.9 Å². The predicted molar refractivity (Wildman–Crippen MR) is 115 cm³/mol. The molecule has 5 nitrogen and oxygen atoms in total. The molecule has 0 aliphatic rings. The predicted octanol–water partition coefficient (Wildman–Crippen LogP) is 4.96. The number of alkyl halides is 4. The molecular formula is C21H24ClF4NO4S. The van der Waals surface area contributed by atoms with E-state index < -0.39 is 46.2 Å². The molecule has 2 atom stereocenters. The summed E-state index contributed by atoms with van der Waals surface area (Å²) in [4.78, 5) is 11.5. The zero-order valence-electron chi connectivity index (χ0n) is 17.5. The van der Waals surface area contributed by atoms with Crippen LogP contribution in [0.2, 0.25) is 0 Å². The maximum absolute atomic E-state index is 13.9. The average Bonchev–Trinajstić information content (AvgIpc) is 2.62. The molecule has 0 saturated carbocycles. The second-order valence-corrected chi connectivity index (χ2v) is 9.89. The van der Waals surface area contributed by atoms with Crippen LogP contribution in [0.25, 0.3) is 11.1 Å². The highest BCUT2D eigenvalue weighted by molar-refractivity contribution is 7.90. The molecule has 2 N–H and O–H groups in total. The summed E-state index contributed by atoms with van der Waals surface area (Å²) < 4.78 is 77.9. The molecule has 0 radical (unpaired) electrons. The lowest BCUT2D eigenvalue weighted by molar-refractivity contribution is -0.164. The van der Waals surface area contributed by atoms with Crippen molar-refractivity contribution >= 4 is 28.2 Å². The number of aliphatic carboxylic acids is 1. The van der Waals surface area contributed by atoms with Gasteiger partial charge in [-0.3, -0.25) is 10.1 Å². The van der Waals surface area contributed by atoms with Gasteiger partial charge in [0.15, 0.2) is 9.84 Å². The van der Waals surface area contributed by atoms with Gasteiger partial charge in [0.25, 0.3) is 0 Å². The molecule has 178 valence electrons. The van der Waals surface area contributed by atoms with Crippen LogP contribution in [0.1, 0.15) is 31.9 Å². The van der Waals surface area contributed by atoms with Gasteiger partial charge in [-0.2, -0.15) is 13.2 Å². The van der Waals surface area contributed by atoms with E-state index >= 15 is 0 Å². The fourth-order valence-electron chi connectivity index (χ4n) is 3.05. The molecule has 0 unspecified atom stereocenters. The molecule has 2 rings (SSSR count). The Labute approximate surface area is 190 Å². The molecule has 0 fully saturated rings. The lowest BCUT2D eigenvalue weighted by Gasteiger charge is -2.28. The number of sulfone groups is 1. The van der Waals surface area contributed by atoms with Crippen LogP contribution in [-0.4, -0.2) is 43.6 Å². The van der Waals surface area contributed by atoms with Crippen LogP contribution in [0.4, 0.5) is 17.6 Å². The third-order valence-corrected chi connectivity index (χ3v) is 5.67. The number of carboxylic acids is 1. The topological polar surface area (TPSA) is 83.5 Å². The second-order valence-electron chi connectivity index (χ2n) is 7.87. The number of rotatable bonds is 8. The van der Waals surface area contributed by atoms with Crippen molar-refractivity contribution in [1.82, 2.24) is 5.32 Å². The van der Waals surface area contributed by atoms with E-state index in [0.29, 0.717) is 11.1 Å². The van der Waals surface area contributed by atoms with E-state index in [1.54, 1.807) is 0 Å². The summed E-state index contributed by atoms with van der Waals surface area (Å²) in [7, 11) is -3.38. The van der Waals surface area contributed by atoms with Gasteiger partial charge < -0.3 is 5.11 Å². The first-order valence-electron chi connectivity index (χ1n) is 9.23. The first-order chi connectivity index (χ1) is 14.1. The fraction of sp³-hybridized carbons (Fsp3) is 0.381. The quantitative estimate of drug-likeness (QED) is 0.503. The van der Waals surface area contributed by atoms with Gasteiger partial charge in [-0.05, 0) is 42.7 Å². The third kappa shape index (κ3) is 7.75. The number of carboxylic acid groups (broad SMARTS) is 1. The van der Waals surface area contributed by atoms with E-state index in [-0.39, 0.29) is 22.9 Å². The standard InChI is InChI=1S/C21H23F4NO4S.ClH/c1-20(2,22)12-17(19(27)28)26-18(21(23,24)25)15-6-4-13(5-7-15)14-8-10-16(11-9-14)31(3,29)30;/h4-11,17-18,26H,12H2,1-3H3,(H,27,28);1H/t17-,18-;/m0./s1. The molecule has 0 bridgehead atoms. The highest BCUT2D eigenvalue weighted by Gasteiger charge is 2.43. The maximum atomic E-state index is 13.9. The molecule has 0 aromatic heterocycles. The Kier molecular flexibility index (Phi) is 8.87. The zero-order valence-corrected chi connectivity index (χ0v) is 19.1. The van der Waals surface area contributed by atoms with Gasteiger partial charge in [-0.1, -0.05) is 36.4 Å². The van der Waals surface area contributed by atoms with Crippen LogP contribution in [-0.2, 0) is 14.6 Å². The van der Waals surface area contributed by atoms with Crippen molar-refractivity contribution < 1.29 is 35.9 Å². The van der Waals surface area contributed by atoms with Gasteiger partial charge in [-0.25, -0.2) is 12.8 Å². The number of carbonyl (C=O) groups is 1. The smallest absolute Gasteiger partial charge is 0.407 e. The molecule has 0 aliphatic heterocycles. The van der Waals surface area contributed by atoms with Crippen molar-refractivity contribution in [2.75, 3.05) is 6.26 Å². The molecule has 2 aromatic rings. The van der Waals surface area contributed by atoms with Gasteiger partial charge in [-0.15, -0.1) is 12.4 Å². The van der Waals surface area contributed by atoms with Gasteiger partial charge in [0.2, 0.25) is 0 Å². The van der Waals surface area contributed by atoms with Crippen LogP contribution < -0.4 is 5.32 Å². The van der Waals surface area contributed by atoms with Crippen LogP contribution in [0.15, 0.2) is 53.4 Å². The lowest BCUT2D eigenvalue weighted by atomic mass is 9.97. The Bertz CT molecular complexity index is 1020. The molecule has 2 aromatic carbocycles. The minimum Gasteiger partial charge on any atom is -0.480 e. The maximum Gasteiger partial charge on any atom is 0.407 e. The first-order valence-corrected chi connectivity index (χ1v) is 11.1. The van der Waals surface area contributed by atoms with E-state index in [4.69, 9.17) is 0 Å². The average molecular weight is 498 g/mol. The monoisotopic (exact) mass is 497 g/mol. The van der Waals surface area contributed by atoms with E-state index in [1.807, 2.05) is 5.32 Å². The molecule has 32 heavy (non-hydrogen) atoms. The lowest BCUT2D eigenvalue weighted by Crippen LogP contribution is -2.47. The van der Waals surface area contributed by atoms with Gasteiger partial charge in [0.1, 0.15) is 17.8 Å². The van der Waals surface area contributed by atoms with Crippen LogP contribution >= 0.6 is 12.4 Å². The van der Waals surface area contributed by atoms with Crippen molar-refractivity contribution in [3.05, 3.63) is 54.1 Å². The Morgan fingerprint density at radius 1 is 0.969 bits per heavy atom. The summed E-state index contributed by atoms with van der Waals surface area (Å²) in [6, 6.07) is 7.05. The van der Waals surface area contributed by atoms with E-state index in [0.717, 1.165) is 20.1 Å². The van der Waals surface area contributed by atoms with Crippen LogP contribution in [0.3, 0.4) is 0 Å². The number of nitrogens with one attached hydrogen (secondary N) is 1. The van der Waals surface area contributed by atoms with Crippen LogP contribution in [0.5, 0.6) is 0 Å². The first kappa shape index (κ1) is 27.9.